The lowest BCUT2D eigenvalue weighted by Gasteiger charge is -2.19. The number of amides is 1. The fraction of sp³-hybridized carbons (Fsp3) is 0.118. The van der Waals surface area contributed by atoms with Gasteiger partial charge in [-0.05, 0) is 17.7 Å². The van der Waals surface area contributed by atoms with Gasteiger partial charge in [-0.1, -0.05) is 17.4 Å². The van der Waals surface area contributed by atoms with Gasteiger partial charge in [-0.2, -0.15) is 5.10 Å². The largest absolute Gasteiger partial charge is 0.282 e. The van der Waals surface area contributed by atoms with Gasteiger partial charge in [0.05, 0.1) is 11.2 Å². The molecule has 0 saturated carbocycles. The van der Waals surface area contributed by atoms with Crippen molar-refractivity contribution in [1.82, 2.24) is 24.7 Å². The Labute approximate surface area is 155 Å². The van der Waals surface area contributed by atoms with Crippen molar-refractivity contribution in [3.05, 3.63) is 66.5 Å². The SMILES string of the molecule is O=C(Cn1cncn1)N(Cc1cccnc1)c1nc2c(F)cc(F)cc2s1. The van der Waals surface area contributed by atoms with Crippen LogP contribution < -0.4 is 4.90 Å². The van der Waals surface area contributed by atoms with Crippen LogP contribution in [0.5, 0.6) is 0 Å². The van der Waals surface area contributed by atoms with E-state index >= 15 is 0 Å². The number of rotatable bonds is 5. The highest BCUT2D eigenvalue weighted by atomic mass is 32.1. The number of carbonyl (C=O) groups is 1. The first-order valence-electron chi connectivity index (χ1n) is 7.87. The Bertz CT molecular complexity index is 1080. The third kappa shape index (κ3) is 3.65. The van der Waals surface area contributed by atoms with Gasteiger partial charge in [0.1, 0.15) is 30.5 Å². The second kappa shape index (κ2) is 7.16. The number of thiazole rings is 1. The summed E-state index contributed by atoms with van der Waals surface area (Å²) in [5.41, 5.74) is 0.802. The van der Waals surface area contributed by atoms with Gasteiger partial charge < -0.3 is 0 Å². The first kappa shape index (κ1) is 17.2. The van der Waals surface area contributed by atoms with E-state index in [0.717, 1.165) is 23.0 Å². The van der Waals surface area contributed by atoms with Gasteiger partial charge in [-0.15, -0.1) is 0 Å². The smallest absolute Gasteiger partial charge is 0.250 e. The highest BCUT2D eigenvalue weighted by Crippen LogP contribution is 2.32. The van der Waals surface area contributed by atoms with Crippen LogP contribution in [0.2, 0.25) is 0 Å². The molecule has 0 aliphatic rings. The van der Waals surface area contributed by atoms with Gasteiger partial charge in [-0.3, -0.25) is 14.7 Å². The van der Waals surface area contributed by atoms with E-state index in [2.05, 4.69) is 20.1 Å². The molecule has 0 spiro atoms. The second-order valence-electron chi connectivity index (χ2n) is 5.67. The summed E-state index contributed by atoms with van der Waals surface area (Å²) < 4.78 is 29.2. The number of aromatic nitrogens is 5. The molecule has 0 radical (unpaired) electrons. The van der Waals surface area contributed by atoms with Crippen LogP contribution in [0.1, 0.15) is 5.56 Å². The minimum atomic E-state index is -0.766. The van der Waals surface area contributed by atoms with Crippen LogP contribution in [-0.4, -0.2) is 30.6 Å². The standard InChI is InChI=1S/C17H12F2N6OS/c18-12-4-13(19)16-14(5-12)27-17(23-16)25(7-11-2-1-3-20-6-11)15(26)8-24-10-21-9-22-24/h1-6,9-10H,7-8H2. The highest BCUT2D eigenvalue weighted by molar-refractivity contribution is 7.22. The molecular weight excluding hydrogens is 374 g/mol. The summed E-state index contributed by atoms with van der Waals surface area (Å²) in [6, 6.07) is 5.54. The zero-order valence-electron chi connectivity index (χ0n) is 13.8. The third-order valence-electron chi connectivity index (χ3n) is 3.76. The molecule has 0 aliphatic heterocycles. The summed E-state index contributed by atoms with van der Waals surface area (Å²) in [6.07, 6.45) is 6.01. The zero-order valence-corrected chi connectivity index (χ0v) is 14.6. The van der Waals surface area contributed by atoms with Crippen molar-refractivity contribution in [3.63, 3.8) is 0 Å². The Kier molecular flexibility index (Phi) is 4.55. The summed E-state index contributed by atoms with van der Waals surface area (Å²) in [4.78, 5) is 26.3. The van der Waals surface area contributed by atoms with Gasteiger partial charge in [0.15, 0.2) is 10.9 Å². The molecule has 0 unspecified atom stereocenters. The molecule has 136 valence electrons. The number of anilines is 1. The third-order valence-corrected chi connectivity index (χ3v) is 4.79. The van der Waals surface area contributed by atoms with E-state index in [1.54, 1.807) is 18.5 Å². The number of hydrogen-bond donors (Lipinski definition) is 0. The maximum absolute atomic E-state index is 14.0. The first-order chi connectivity index (χ1) is 13.1. The molecular formula is C17H12F2N6OS. The molecule has 1 amide bonds. The summed E-state index contributed by atoms with van der Waals surface area (Å²) >= 11 is 1.04. The summed E-state index contributed by atoms with van der Waals surface area (Å²) in [6.45, 7) is 0.123. The molecule has 27 heavy (non-hydrogen) atoms. The first-order valence-corrected chi connectivity index (χ1v) is 8.69. The average molecular weight is 386 g/mol. The Morgan fingerprint density at radius 2 is 2.15 bits per heavy atom. The van der Waals surface area contributed by atoms with Crippen LogP contribution in [0.3, 0.4) is 0 Å². The van der Waals surface area contributed by atoms with E-state index in [1.165, 1.54) is 28.3 Å². The van der Waals surface area contributed by atoms with E-state index in [1.807, 2.05) is 6.07 Å². The van der Waals surface area contributed by atoms with E-state index in [9.17, 15) is 13.6 Å². The molecule has 10 heteroatoms. The topological polar surface area (TPSA) is 76.8 Å². The molecule has 0 fully saturated rings. The maximum atomic E-state index is 14.0. The molecule has 4 aromatic rings. The van der Waals surface area contributed by atoms with Gasteiger partial charge in [-0.25, -0.2) is 23.4 Å². The van der Waals surface area contributed by atoms with Crippen LogP contribution in [0.25, 0.3) is 10.2 Å². The molecule has 0 atom stereocenters. The number of fused-ring (bicyclic) bond motifs is 1. The fourth-order valence-electron chi connectivity index (χ4n) is 2.54. The van der Waals surface area contributed by atoms with Gasteiger partial charge in [0.2, 0.25) is 0 Å². The minimum absolute atomic E-state index is 0.0288. The second-order valence-corrected chi connectivity index (χ2v) is 6.67. The molecule has 0 aliphatic carbocycles. The van der Waals surface area contributed by atoms with Crippen LogP contribution in [-0.2, 0) is 17.9 Å². The van der Waals surface area contributed by atoms with E-state index < -0.39 is 11.6 Å². The Morgan fingerprint density at radius 1 is 1.26 bits per heavy atom. The van der Waals surface area contributed by atoms with E-state index in [-0.39, 0.29) is 29.6 Å². The molecule has 1 aromatic carbocycles. The van der Waals surface area contributed by atoms with Crippen molar-refractivity contribution in [2.24, 2.45) is 0 Å². The van der Waals surface area contributed by atoms with Gasteiger partial charge in [0.25, 0.3) is 5.91 Å². The number of halogens is 2. The number of pyridine rings is 1. The van der Waals surface area contributed by atoms with Crippen LogP contribution in [0.4, 0.5) is 13.9 Å². The van der Waals surface area contributed by atoms with E-state index in [4.69, 9.17) is 0 Å². The predicted molar refractivity (Wildman–Crippen MR) is 95.0 cm³/mol. The lowest BCUT2D eigenvalue weighted by atomic mass is 10.2. The molecule has 3 heterocycles. The van der Waals surface area contributed by atoms with Crippen molar-refractivity contribution in [1.29, 1.82) is 0 Å². The molecule has 4 rings (SSSR count). The lowest BCUT2D eigenvalue weighted by Crippen LogP contribution is -2.33. The van der Waals surface area contributed by atoms with Crippen molar-refractivity contribution in [3.8, 4) is 0 Å². The summed E-state index contributed by atoms with van der Waals surface area (Å²) in [5.74, 6) is -1.77. The van der Waals surface area contributed by atoms with E-state index in [0.29, 0.717) is 4.70 Å². The van der Waals surface area contributed by atoms with Crippen LogP contribution in [0.15, 0.2) is 49.3 Å². The number of hydrogen-bond acceptors (Lipinski definition) is 6. The number of carbonyl (C=O) groups excluding carboxylic acids is 1. The van der Waals surface area contributed by atoms with Crippen molar-refractivity contribution < 1.29 is 13.6 Å². The summed E-state index contributed by atoms with van der Waals surface area (Å²) in [7, 11) is 0. The Hall–Kier alpha value is -3.27. The Morgan fingerprint density at radius 3 is 2.89 bits per heavy atom. The van der Waals surface area contributed by atoms with Crippen molar-refractivity contribution in [2.45, 2.75) is 13.1 Å². The number of nitrogens with zero attached hydrogens (tertiary/aromatic N) is 6. The monoisotopic (exact) mass is 386 g/mol. The molecule has 0 N–H and O–H groups in total. The normalized spacial score (nSPS) is 11.0. The van der Waals surface area contributed by atoms with Crippen LogP contribution in [0, 0.1) is 11.6 Å². The minimum Gasteiger partial charge on any atom is -0.282 e. The van der Waals surface area contributed by atoms with Crippen molar-refractivity contribution >= 4 is 32.6 Å². The maximum Gasteiger partial charge on any atom is 0.250 e. The molecule has 7 nitrogen and oxygen atoms in total. The molecule has 0 bridgehead atoms. The molecule has 0 saturated heterocycles. The zero-order chi connectivity index (χ0) is 18.8. The van der Waals surface area contributed by atoms with Crippen LogP contribution >= 0.6 is 11.3 Å². The summed E-state index contributed by atoms with van der Waals surface area (Å²) in [5, 5.41) is 4.19. The van der Waals surface area contributed by atoms with Crippen molar-refractivity contribution in [2.75, 3.05) is 4.90 Å². The van der Waals surface area contributed by atoms with Gasteiger partial charge in [0, 0.05) is 18.5 Å². The quantitative estimate of drug-likeness (QED) is 0.527. The Balaban J connectivity index is 1.72. The molecule has 3 aromatic heterocycles. The number of benzene rings is 1. The predicted octanol–water partition coefficient (Wildman–Crippen LogP) is 2.79. The highest BCUT2D eigenvalue weighted by Gasteiger charge is 2.22. The van der Waals surface area contributed by atoms with Gasteiger partial charge >= 0.3 is 0 Å². The lowest BCUT2D eigenvalue weighted by molar-refractivity contribution is -0.119. The average Bonchev–Trinajstić information content (AvgIpc) is 3.30. The fourth-order valence-corrected chi connectivity index (χ4v) is 3.56.